The number of hydrogen-bond acceptors (Lipinski definition) is 3. The average Bonchev–Trinajstić information content (AvgIpc) is 2.87. The Kier molecular flexibility index (Phi) is 2.99. The highest BCUT2D eigenvalue weighted by Gasteiger charge is 2.08. The summed E-state index contributed by atoms with van der Waals surface area (Å²) in [7, 11) is 0. The molecule has 18 heavy (non-hydrogen) atoms. The van der Waals surface area contributed by atoms with Crippen molar-refractivity contribution in [3.05, 3.63) is 59.7 Å². The first-order valence-electron chi connectivity index (χ1n) is 5.71. The van der Waals surface area contributed by atoms with Gasteiger partial charge in [-0.15, -0.1) is 11.6 Å². The van der Waals surface area contributed by atoms with Crippen molar-refractivity contribution in [1.82, 2.24) is 10.1 Å². The number of aromatic nitrogens is 2. The summed E-state index contributed by atoms with van der Waals surface area (Å²) >= 11 is 5.65. The van der Waals surface area contributed by atoms with Crippen LogP contribution in [0.15, 0.2) is 47.0 Å². The van der Waals surface area contributed by atoms with Crippen molar-refractivity contribution >= 4 is 22.4 Å². The number of benzene rings is 2. The highest BCUT2D eigenvalue weighted by molar-refractivity contribution is 6.16. The predicted molar refractivity (Wildman–Crippen MR) is 70.6 cm³/mol. The zero-order valence-corrected chi connectivity index (χ0v) is 10.4. The fraction of sp³-hybridized carbons (Fsp3) is 0.143. The molecular weight excluding hydrogens is 248 g/mol. The minimum Gasteiger partial charge on any atom is -0.339 e. The molecule has 0 spiro atoms. The van der Waals surface area contributed by atoms with E-state index in [1.807, 2.05) is 18.2 Å². The first-order chi connectivity index (χ1) is 8.86. The van der Waals surface area contributed by atoms with Gasteiger partial charge >= 0.3 is 0 Å². The Morgan fingerprint density at radius 1 is 1.06 bits per heavy atom. The first-order valence-corrected chi connectivity index (χ1v) is 6.24. The Hall–Kier alpha value is -1.87. The molecule has 4 heteroatoms. The Morgan fingerprint density at radius 3 is 2.72 bits per heavy atom. The van der Waals surface area contributed by atoms with E-state index in [-0.39, 0.29) is 5.88 Å². The van der Waals surface area contributed by atoms with E-state index in [2.05, 4.69) is 34.4 Å². The molecule has 0 fully saturated rings. The van der Waals surface area contributed by atoms with Crippen LogP contribution < -0.4 is 0 Å². The van der Waals surface area contributed by atoms with Gasteiger partial charge in [0.25, 0.3) is 0 Å². The second kappa shape index (κ2) is 4.78. The number of fused-ring (bicyclic) bond motifs is 1. The molecule has 0 saturated carbocycles. The molecule has 0 bridgehead atoms. The van der Waals surface area contributed by atoms with Gasteiger partial charge in [-0.05, 0) is 16.3 Å². The van der Waals surface area contributed by atoms with Gasteiger partial charge in [-0.2, -0.15) is 4.98 Å². The lowest BCUT2D eigenvalue weighted by Gasteiger charge is -2.03. The summed E-state index contributed by atoms with van der Waals surface area (Å²) in [5.74, 6) is 1.41. The Bertz CT molecular complexity index is 673. The van der Waals surface area contributed by atoms with Gasteiger partial charge in [0.15, 0.2) is 5.82 Å². The SMILES string of the molecule is ClCc1noc(Cc2cccc3ccccc23)n1. The maximum absolute atomic E-state index is 5.65. The molecule has 0 unspecified atom stereocenters. The van der Waals surface area contributed by atoms with Crippen LogP contribution in [-0.2, 0) is 12.3 Å². The van der Waals surface area contributed by atoms with E-state index in [4.69, 9.17) is 16.1 Å². The highest BCUT2D eigenvalue weighted by Crippen LogP contribution is 2.20. The topological polar surface area (TPSA) is 38.9 Å². The van der Waals surface area contributed by atoms with Crippen LogP contribution in [-0.4, -0.2) is 10.1 Å². The molecule has 3 nitrogen and oxygen atoms in total. The van der Waals surface area contributed by atoms with Crippen LogP contribution in [0.3, 0.4) is 0 Å². The maximum Gasteiger partial charge on any atom is 0.231 e. The van der Waals surface area contributed by atoms with Crippen molar-refractivity contribution in [2.24, 2.45) is 0 Å². The highest BCUT2D eigenvalue weighted by atomic mass is 35.5. The van der Waals surface area contributed by atoms with Crippen LogP contribution in [0, 0.1) is 0 Å². The fourth-order valence-electron chi connectivity index (χ4n) is 2.03. The lowest BCUT2D eigenvalue weighted by atomic mass is 10.0. The van der Waals surface area contributed by atoms with Gasteiger partial charge in [-0.25, -0.2) is 0 Å². The van der Waals surface area contributed by atoms with Crippen LogP contribution in [0.1, 0.15) is 17.3 Å². The molecule has 2 aromatic carbocycles. The largest absolute Gasteiger partial charge is 0.339 e. The first kappa shape index (κ1) is 11.2. The van der Waals surface area contributed by atoms with Crippen molar-refractivity contribution < 1.29 is 4.52 Å². The smallest absolute Gasteiger partial charge is 0.231 e. The quantitative estimate of drug-likeness (QED) is 0.675. The Labute approximate surface area is 109 Å². The number of nitrogens with zero attached hydrogens (tertiary/aromatic N) is 2. The molecule has 3 aromatic rings. The van der Waals surface area contributed by atoms with Crippen LogP contribution in [0.2, 0.25) is 0 Å². The molecule has 0 N–H and O–H groups in total. The Balaban J connectivity index is 1.99. The van der Waals surface area contributed by atoms with E-state index >= 15 is 0 Å². The van der Waals surface area contributed by atoms with Crippen LogP contribution in [0.25, 0.3) is 10.8 Å². The molecule has 0 radical (unpaired) electrons. The minimum absolute atomic E-state index is 0.277. The second-order valence-corrected chi connectivity index (χ2v) is 4.32. The van der Waals surface area contributed by atoms with Gasteiger partial charge in [0.1, 0.15) is 0 Å². The summed E-state index contributed by atoms with van der Waals surface area (Å²) in [5, 5.41) is 6.22. The zero-order valence-electron chi connectivity index (χ0n) is 9.64. The third kappa shape index (κ3) is 2.09. The summed E-state index contributed by atoms with van der Waals surface area (Å²) in [5.41, 5.74) is 1.18. The van der Waals surface area contributed by atoms with Gasteiger partial charge in [-0.3, -0.25) is 0 Å². The van der Waals surface area contributed by atoms with Gasteiger partial charge < -0.3 is 4.52 Å². The van der Waals surface area contributed by atoms with Crippen molar-refractivity contribution in [1.29, 1.82) is 0 Å². The van der Waals surface area contributed by atoms with Crippen LogP contribution in [0.4, 0.5) is 0 Å². The maximum atomic E-state index is 5.65. The molecule has 0 aliphatic heterocycles. The number of alkyl halides is 1. The zero-order chi connectivity index (χ0) is 12.4. The Morgan fingerprint density at radius 2 is 1.89 bits per heavy atom. The average molecular weight is 259 g/mol. The lowest BCUT2D eigenvalue weighted by Crippen LogP contribution is -1.90. The molecule has 0 amide bonds. The summed E-state index contributed by atoms with van der Waals surface area (Å²) in [6.45, 7) is 0. The van der Waals surface area contributed by atoms with Crippen molar-refractivity contribution in [2.45, 2.75) is 12.3 Å². The molecule has 0 aliphatic carbocycles. The second-order valence-electron chi connectivity index (χ2n) is 4.05. The monoisotopic (exact) mass is 258 g/mol. The summed E-state index contributed by atoms with van der Waals surface area (Å²) in [6.07, 6.45) is 0.630. The molecule has 90 valence electrons. The van der Waals surface area contributed by atoms with Gasteiger partial charge in [-0.1, -0.05) is 47.6 Å². The van der Waals surface area contributed by atoms with E-state index in [9.17, 15) is 0 Å². The fourth-order valence-corrected chi connectivity index (χ4v) is 2.13. The molecule has 1 heterocycles. The number of halogens is 1. The summed E-state index contributed by atoms with van der Waals surface area (Å²) < 4.78 is 5.16. The van der Waals surface area contributed by atoms with Crippen molar-refractivity contribution in [3.63, 3.8) is 0 Å². The summed E-state index contributed by atoms with van der Waals surface area (Å²) in [6, 6.07) is 14.5. The van der Waals surface area contributed by atoms with Gasteiger partial charge in [0, 0.05) is 0 Å². The third-order valence-electron chi connectivity index (χ3n) is 2.85. The van der Waals surface area contributed by atoms with E-state index in [0.717, 1.165) is 0 Å². The predicted octanol–water partition coefficient (Wildman–Crippen LogP) is 3.55. The standard InChI is InChI=1S/C14H11ClN2O/c15-9-13-16-14(18-17-13)8-11-6-3-5-10-4-1-2-7-12(10)11/h1-7H,8-9H2. The molecule has 0 aliphatic rings. The normalized spacial score (nSPS) is 10.9. The molecule has 3 rings (SSSR count). The molecular formula is C14H11ClN2O. The number of rotatable bonds is 3. The molecule has 0 saturated heterocycles. The van der Waals surface area contributed by atoms with Crippen LogP contribution in [0.5, 0.6) is 0 Å². The van der Waals surface area contributed by atoms with Crippen molar-refractivity contribution in [3.8, 4) is 0 Å². The van der Waals surface area contributed by atoms with Gasteiger partial charge in [0.2, 0.25) is 5.89 Å². The molecule has 0 atom stereocenters. The van der Waals surface area contributed by atoms with Crippen LogP contribution >= 0.6 is 11.6 Å². The van der Waals surface area contributed by atoms with E-state index in [1.54, 1.807) is 0 Å². The minimum atomic E-state index is 0.277. The van der Waals surface area contributed by atoms with Gasteiger partial charge in [0.05, 0.1) is 12.3 Å². The summed E-state index contributed by atoms with van der Waals surface area (Å²) in [4.78, 5) is 4.22. The molecule has 1 aromatic heterocycles. The van der Waals surface area contributed by atoms with Crippen molar-refractivity contribution in [2.75, 3.05) is 0 Å². The third-order valence-corrected chi connectivity index (χ3v) is 3.09. The number of hydrogen-bond donors (Lipinski definition) is 0. The van der Waals surface area contributed by atoms with E-state index < -0.39 is 0 Å². The van der Waals surface area contributed by atoms with E-state index in [0.29, 0.717) is 18.1 Å². The van der Waals surface area contributed by atoms with E-state index in [1.165, 1.54) is 16.3 Å². The lowest BCUT2D eigenvalue weighted by molar-refractivity contribution is 0.381.